The number of nitrogens with zero attached hydrogens (tertiary/aromatic N) is 1. The second-order valence-corrected chi connectivity index (χ2v) is 6.14. The molecular formula is C20H25N3O3. The van der Waals surface area contributed by atoms with E-state index in [0.29, 0.717) is 25.1 Å². The van der Waals surface area contributed by atoms with Crippen LogP contribution < -0.4 is 15.4 Å². The van der Waals surface area contributed by atoms with E-state index >= 15 is 0 Å². The average molecular weight is 355 g/mol. The number of carbonyl (C=O) groups excluding carboxylic acids is 2. The van der Waals surface area contributed by atoms with Crippen LogP contribution in [0.1, 0.15) is 33.5 Å². The van der Waals surface area contributed by atoms with E-state index in [9.17, 15) is 9.59 Å². The fraction of sp³-hybridized carbons (Fsp3) is 0.350. The standard InChI is InChI=1S/C20H25N3O3/c1-14-7-8-15(2)19(16(14)3)26-13-18(24)22-10-5-11-23-20(25)17-6-4-9-21-12-17/h4,6-9,12H,5,10-11,13H2,1-3H3,(H,22,24)(H,23,25). The Kier molecular flexibility index (Phi) is 7.14. The van der Waals surface area contributed by atoms with Crippen molar-refractivity contribution in [2.45, 2.75) is 27.2 Å². The lowest BCUT2D eigenvalue weighted by Crippen LogP contribution is -2.32. The highest BCUT2D eigenvalue weighted by atomic mass is 16.5. The van der Waals surface area contributed by atoms with Gasteiger partial charge < -0.3 is 15.4 Å². The highest BCUT2D eigenvalue weighted by Crippen LogP contribution is 2.25. The van der Waals surface area contributed by atoms with Crippen molar-refractivity contribution < 1.29 is 14.3 Å². The number of aromatic nitrogens is 1. The molecule has 0 atom stereocenters. The van der Waals surface area contributed by atoms with Crippen LogP contribution in [0.4, 0.5) is 0 Å². The SMILES string of the molecule is Cc1ccc(C)c(OCC(=O)NCCCNC(=O)c2cccnc2)c1C. The lowest BCUT2D eigenvalue weighted by molar-refractivity contribution is -0.123. The van der Waals surface area contributed by atoms with Gasteiger partial charge in [0.25, 0.3) is 11.8 Å². The zero-order valence-corrected chi connectivity index (χ0v) is 15.5. The Morgan fingerprint density at radius 1 is 1.04 bits per heavy atom. The molecule has 0 unspecified atom stereocenters. The van der Waals surface area contributed by atoms with Gasteiger partial charge in [0.05, 0.1) is 5.56 Å². The Morgan fingerprint density at radius 3 is 2.50 bits per heavy atom. The van der Waals surface area contributed by atoms with Crippen LogP contribution in [0, 0.1) is 20.8 Å². The number of amides is 2. The Labute approximate surface area is 154 Å². The number of rotatable bonds is 8. The molecule has 6 nitrogen and oxygen atoms in total. The number of hydrogen-bond donors (Lipinski definition) is 2. The number of pyridine rings is 1. The lowest BCUT2D eigenvalue weighted by Gasteiger charge is -2.14. The van der Waals surface area contributed by atoms with E-state index in [0.717, 1.165) is 22.4 Å². The first-order valence-electron chi connectivity index (χ1n) is 8.63. The summed E-state index contributed by atoms with van der Waals surface area (Å²) in [6.45, 7) is 6.89. The number of ether oxygens (including phenoxy) is 1. The summed E-state index contributed by atoms with van der Waals surface area (Å²) in [5, 5.41) is 5.58. The number of aryl methyl sites for hydroxylation is 2. The van der Waals surface area contributed by atoms with E-state index in [1.807, 2.05) is 32.9 Å². The van der Waals surface area contributed by atoms with Crippen LogP contribution in [0.2, 0.25) is 0 Å². The Bertz CT molecular complexity index is 760. The van der Waals surface area contributed by atoms with Crippen LogP contribution in [-0.2, 0) is 4.79 Å². The minimum Gasteiger partial charge on any atom is -0.483 e. The second-order valence-electron chi connectivity index (χ2n) is 6.14. The molecule has 0 aliphatic rings. The molecule has 2 aromatic rings. The molecule has 2 rings (SSSR count). The second kappa shape index (κ2) is 9.56. The van der Waals surface area contributed by atoms with E-state index in [1.54, 1.807) is 18.3 Å². The Balaban J connectivity index is 1.65. The molecule has 6 heteroatoms. The summed E-state index contributed by atoms with van der Waals surface area (Å²) in [5.41, 5.74) is 3.72. The molecule has 0 spiro atoms. The molecule has 2 amide bonds. The first kappa shape index (κ1) is 19.4. The molecule has 0 radical (unpaired) electrons. The van der Waals surface area contributed by atoms with E-state index in [4.69, 9.17) is 4.74 Å². The number of benzene rings is 1. The largest absolute Gasteiger partial charge is 0.483 e. The predicted molar refractivity (Wildman–Crippen MR) is 100 cm³/mol. The van der Waals surface area contributed by atoms with Crippen LogP contribution in [0.15, 0.2) is 36.7 Å². The molecule has 1 heterocycles. The zero-order chi connectivity index (χ0) is 18.9. The van der Waals surface area contributed by atoms with Crippen molar-refractivity contribution in [1.29, 1.82) is 0 Å². The fourth-order valence-corrected chi connectivity index (χ4v) is 2.45. The Hall–Kier alpha value is -2.89. The summed E-state index contributed by atoms with van der Waals surface area (Å²) in [5.74, 6) is 0.422. The zero-order valence-electron chi connectivity index (χ0n) is 15.5. The molecule has 1 aromatic carbocycles. The molecule has 0 bridgehead atoms. The molecule has 1 aromatic heterocycles. The normalized spacial score (nSPS) is 10.3. The summed E-state index contributed by atoms with van der Waals surface area (Å²) in [4.78, 5) is 27.6. The van der Waals surface area contributed by atoms with E-state index in [2.05, 4.69) is 15.6 Å². The van der Waals surface area contributed by atoms with Crippen molar-refractivity contribution in [2.24, 2.45) is 0 Å². The highest BCUT2D eigenvalue weighted by molar-refractivity contribution is 5.93. The molecule has 0 saturated carbocycles. The van der Waals surface area contributed by atoms with Gasteiger partial charge in [-0.15, -0.1) is 0 Å². The maximum Gasteiger partial charge on any atom is 0.257 e. The van der Waals surface area contributed by atoms with E-state index in [1.165, 1.54) is 6.20 Å². The third-order valence-corrected chi connectivity index (χ3v) is 4.11. The van der Waals surface area contributed by atoms with E-state index in [-0.39, 0.29) is 18.4 Å². The highest BCUT2D eigenvalue weighted by Gasteiger charge is 2.09. The van der Waals surface area contributed by atoms with Crippen LogP contribution in [-0.4, -0.2) is 36.5 Å². The monoisotopic (exact) mass is 355 g/mol. The third kappa shape index (κ3) is 5.58. The summed E-state index contributed by atoms with van der Waals surface area (Å²) >= 11 is 0. The topological polar surface area (TPSA) is 80.3 Å². The summed E-state index contributed by atoms with van der Waals surface area (Å²) in [6, 6.07) is 7.45. The van der Waals surface area contributed by atoms with Gasteiger partial charge in [-0.2, -0.15) is 0 Å². The molecule has 26 heavy (non-hydrogen) atoms. The van der Waals surface area contributed by atoms with Gasteiger partial charge in [0.2, 0.25) is 0 Å². The first-order chi connectivity index (χ1) is 12.5. The molecule has 0 fully saturated rings. The lowest BCUT2D eigenvalue weighted by atomic mass is 10.1. The number of hydrogen-bond acceptors (Lipinski definition) is 4. The number of nitrogens with one attached hydrogen (secondary N) is 2. The van der Waals surface area contributed by atoms with Crippen molar-refractivity contribution in [2.75, 3.05) is 19.7 Å². The van der Waals surface area contributed by atoms with Crippen molar-refractivity contribution >= 4 is 11.8 Å². The third-order valence-electron chi connectivity index (χ3n) is 4.11. The molecule has 0 aliphatic carbocycles. The molecule has 138 valence electrons. The van der Waals surface area contributed by atoms with Gasteiger partial charge in [-0.05, 0) is 56.0 Å². The maximum absolute atomic E-state index is 11.9. The molecule has 2 N–H and O–H groups in total. The quantitative estimate of drug-likeness (QED) is 0.712. The summed E-state index contributed by atoms with van der Waals surface area (Å²) in [6.07, 6.45) is 3.78. The maximum atomic E-state index is 11.9. The first-order valence-corrected chi connectivity index (χ1v) is 8.63. The van der Waals surface area contributed by atoms with Crippen molar-refractivity contribution in [3.63, 3.8) is 0 Å². The minimum atomic E-state index is -0.177. The van der Waals surface area contributed by atoms with Gasteiger partial charge in [0.1, 0.15) is 5.75 Å². The number of carbonyl (C=O) groups is 2. The van der Waals surface area contributed by atoms with Crippen molar-refractivity contribution in [1.82, 2.24) is 15.6 Å². The van der Waals surface area contributed by atoms with Crippen LogP contribution in [0.5, 0.6) is 5.75 Å². The average Bonchev–Trinajstić information content (AvgIpc) is 2.65. The summed E-state index contributed by atoms with van der Waals surface area (Å²) in [7, 11) is 0. The van der Waals surface area contributed by atoms with Crippen LogP contribution in [0.25, 0.3) is 0 Å². The smallest absolute Gasteiger partial charge is 0.257 e. The van der Waals surface area contributed by atoms with Crippen LogP contribution >= 0.6 is 0 Å². The van der Waals surface area contributed by atoms with Gasteiger partial charge in [-0.1, -0.05) is 12.1 Å². The molecule has 0 saturated heterocycles. The van der Waals surface area contributed by atoms with Gasteiger partial charge in [0.15, 0.2) is 6.61 Å². The Morgan fingerprint density at radius 2 is 1.77 bits per heavy atom. The molecular weight excluding hydrogens is 330 g/mol. The van der Waals surface area contributed by atoms with Crippen LogP contribution in [0.3, 0.4) is 0 Å². The summed E-state index contributed by atoms with van der Waals surface area (Å²) < 4.78 is 5.67. The van der Waals surface area contributed by atoms with Gasteiger partial charge >= 0.3 is 0 Å². The van der Waals surface area contributed by atoms with Gasteiger partial charge in [0, 0.05) is 25.5 Å². The van der Waals surface area contributed by atoms with Crippen molar-refractivity contribution in [3.8, 4) is 5.75 Å². The van der Waals surface area contributed by atoms with E-state index < -0.39 is 0 Å². The minimum absolute atomic E-state index is 0.0207. The fourth-order valence-electron chi connectivity index (χ4n) is 2.45. The van der Waals surface area contributed by atoms with Gasteiger partial charge in [-0.25, -0.2) is 0 Å². The van der Waals surface area contributed by atoms with Crippen molar-refractivity contribution in [3.05, 3.63) is 58.9 Å². The molecule has 0 aliphatic heterocycles. The van der Waals surface area contributed by atoms with Gasteiger partial charge in [-0.3, -0.25) is 14.6 Å². The predicted octanol–water partition coefficient (Wildman–Crippen LogP) is 2.32.